The predicted octanol–water partition coefficient (Wildman–Crippen LogP) is 3.91. The number of fused-ring (bicyclic) bond motifs is 1. The molecule has 5 nitrogen and oxygen atoms in total. The van der Waals surface area contributed by atoms with E-state index in [2.05, 4.69) is 48.4 Å². The van der Waals surface area contributed by atoms with Gasteiger partial charge in [-0.15, -0.1) is 0 Å². The Balaban J connectivity index is 1.33. The Kier molecular flexibility index (Phi) is 4.68. The lowest BCUT2D eigenvalue weighted by Gasteiger charge is -2.19. The molecule has 29 heavy (non-hydrogen) atoms. The Labute approximate surface area is 170 Å². The lowest BCUT2D eigenvalue weighted by atomic mass is 9.95. The summed E-state index contributed by atoms with van der Waals surface area (Å²) in [6.07, 6.45) is 6.88. The minimum Gasteiger partial charge on any atom is -0.376 e. The molecule has 3 heterocycles. The molecule has 0 saturated carbocycles. The van der Waals surface area contributed by atoms with Crippen LogP contribution in [0.15, 0.2) is 54.9 Å². The number of aryl methyl sites for hydroxylation is 1. The zero-order valence-corrected chi connectivity index (χ0v) is 16.7. The lowest BCUT2D eigenvalue weighted by molar-refractivity contribution is 0.0545. The summed E-state index contributed by atoms with van der Waals surface area (Å²) in [6, 6.07) is 14.6. The van der Waals surface area contributed by atoms with Crippen molar-refractivity contribution >= 4 is 5.91 Å². The van der Waals surface area contributed by atoms with Crippen molar-refractivity contribution in [1.82, 2.24) is 14.7 Å². The van der Waals surface area contributed by atoms with E-state index >= 15 is 0 Å². The molecule has 0 spiro atoms. The number of aromatic nitrogens is 2. The van der Waals surface area contributed by atoms with Gasteiger partial charge in [0.25, 0.3) is 5.91 Å². The molecule has 0 aliphatic carbocycles. The molecule has 1 amide bonds. The van der Waals surface area contributed by atoms with Crippen LogP contribution in [0.1, 0.15) is 45.5 Å². The van der Waals surface area contributed by atoms with Crippen molar-refractivity contribution in [2.75, 3.05) is 13.2 Å². The largest absolute Gasteiger partial charge is 0.376 e. The summed E-state index contributed by atoms with van der Waals surface area (Å²) in [6.45, 7) is 4.37. The first-order valence-electron chi connectivity index (χ1n) is 10.3. The van der Waals surface area contributed by atoms with Gasteiger partial charge < -0.3 is 9.64 Å². The fourth-order valence-corrected chi connectivity index (χ4v) is 4.37. The van der Waals surface area contributed by atoms with Crippen LogP contribution in [0.2, 0.25) is 0 Å². The highest BCUT2D eigenvalue weighted by Gasteiger charge is 2.31. The zero-order valence-electron chi connectivity index (χ0n) is 16.7. The van der Waals surface area contributed by atoms with E-state index in [0.717, 1.165) is 42.7 Å². The molecule has 0 radical (unpaired) electrons. The standard InChI is InChI=1S/C24H25N3O2/c1-17-12-20-15-26(16-22-4-2-11-29-22)24(28)23(20)14-19(17)13-18-5-7-21(8-6-18)27-10-3-9-25-27/h3,5-10,12,14,22H,2,4,11,13,15-16H2,1H3. The second kappa shape index (κ2) is 7.48. The number of rotatable bonds is 5. The Morgan fingerprint density at radius 3 is 2.79 bits per heavy atom. The van der Waals surface area contributed by atoms with Gasteiger partial charge in [-0.05, 0) is 72.7 Å². The summed E-state index contributed by atoms with van der Waals surface area (Å²) < 4.78 is 7.58. The highest BCUT2D eigenvalue weighted by Crippen LogP contribution is 2.29. The van der Waals surface area contributed by atoms with Gasteiger partial charge in [0, 0.05) is 37.7 Å². The van der Waals surface area contributed by atoms with Crippen molar-refractivity contribution in [3.05, 3.63) is 82.7 Å². The van der Waals surface area contributed by atoms with E-state index in [1.54, 1.807) is 6.20 Å². The van der Waals surface area contributed by atoms with E-state index in [-0.39, 0.29) is 12.0 Å². The Bertz CT molecular complexity index is 1020. The molecule has 2 aromatic carbocycles. The summed E-state index contributed by atoms with van der Waals surface area (Å²) in [4.78, 5) is 14.9. The molecule has 0 N–H and O–H groups in total. The minimum atomic E-state index is 0.144. The fourth-order valence-electron chi connectivity index (χ4n) is 4.37. The van der Waals surface area contributed by atoms with E-state index in [1.165, 1.54) is 16.7 Å². The van der Waals surface area contributed by atoms with E-state index in [0.29, 0.717) is 13.1 Å². The van der Waals surface area contributed by atoms with Gasteiger partial charge >= 0.3 is 0 Å². The third-order valence-corrected chi connectivity index (χ3v) is 5.99. The first-order valence-corrected chi connectivity index (χ1v) is 10.3. The summed E-state index contributed by atoms with van der Waals surface area (Å²) in [7, 11) is 0. The highest BCUT2D eigenvalue weighted by atomic mass is 16.5. The average molecular weight is 387 g/mol. The molecule has 5 rings (SSSR count). The van der Waals surface area contributed by atoms with Crippen LogP contribution >= 0.6 is 0 Å². The molecule has 5 heteroatoms. The molecule has 1 aromatic heterocycles. The number of hydrogen-bond acceptors (Lipinski definition) is 3. The van der Waals surface area contributed by atoms with Crippen molar-refractivity contribution in [1.29, 1.82) is 0 Å². The number of ether oxygens (including phenoxy) is 1. The molecule has 1 unspecified atom stereocenters. The predicted molar refractivity (Wildman–Crippen MR) is 111 cm³/mol. The molecule has 2 aliphatic heterocycles. The van der Waals surface area contributed by atoms with Crippen molar-refractivity contribution in [3.63, 3.8) is 0 Å². The molecule has 1 fully saturated rings. The number of carbonyl (C=O) groups is 1. The SMILES string of the molecule is Cc1cc2c(cc1Cc1ccc(-n3cccn3)cc1)C(=O)N(CC1CCCO1)C2. The molecule has 2 aliphatic rings. The van der Waals surface area contributed by atoms with Gasteiger partial charge in [-0.2, -0.15) is 5.10 Å². The number of benzene rings is 2. The van der Waals surface area contributed by atoms with E-state index in [9.17, 15) is 4.79 Å². The summed E-state index contributed by atoms with van der Waals surface area (Å²) >= 11 is 0. The van der Waals surface area contributed by atoms with Crippen LogP contribution in [0.25, 0.3) is 5.69 Å². The van der Waals surface area contributed by atoms with Gasteiger partial charge in [0.15, 0.2) is 0 Å². The Morgan fingerprint density at radius 2 is 2.07 bits per heavy atom. The third-order valence-electron chi connectivity index (χ3n) is 5.99. The second-order valence-electron chi connectivity index (χ2n) is 8.05. The van der Waals surface area contributed by atoms with Gasteiger partial charge in [0.2, 0.25) is 0 Å². The van der Waals surface area contributed by atoms with Crippen LogP contribution < -0.4 is 0 Å². The van der Waals surface area contributed by atoms with Crippen LogP contribution in [0.4, 0.5) is 0 Å². The maximum Gasteiger partial charge on any atom is 0.254 e. The maximum atomic E-state index is 12.9. The number of carbonyl (C=O) groups excluding carboxylic acids is 1. The fraction of sp³-hybridized carbons (Fsp3) is 0.333. The first-order chi connectivity index (χ1) is 14.2. The molecule has 0 bridgehead atoms. The van der Waals surface area contributed by atoms with E-state index in [1.807, 2.05) is 21.8 Å². The number of nitrogens with zero attached hydrogens (tertiary/aromatic N) is 3. The van der Waals surface area contributed by atoms with Crippen molar-refractivity contribution in [2.24, 2.45) is 0 Å². The maximum absolute atomic E-state index is 12.9. The summed E-state index contributed by atoms with van der Waals surface area (Å²) in [5.74, 6) is 0.144. The Hall–Kier alpha value is -2.92. The monoisotopic (exact) mass is 387 g/mol. The summed E-state index contributed by atoms with van der Waals surface area (Å²) in [5.41, 5.74) is 6.73. The molecule has 1 saturated heterocycles. The first kappa shape index (κ1) is 18.1. The van der Waals surface area contributed by atoms with Gasteiger partial charge in [0.05, 0.1) is 11.8 Å². The summed E-state index contributed by atoms with van der Waals surface area (Å²) in [5, 5.41) is 4.27. The van der Waals surface area contributed by atoms with Gasteiger partial charge in [-0.3, -0.25) is 4.79 Å². The molecular formula is C24H25N3O2. The van der Waals surface area contributed by atoms with Gasteiger partial charge in [-0.1, -0.05) is 18.2 Å². The number of amides is 1. The van der Waals surface area contributed by atoms with E-state index < -0.39 is 0 Å². The normalized spacial score (nSPS) is 18.4. The minimum absolute atomic E-state index is 0.144. The van der Waals surface area contributed by atoms with Crippen LogP contribution in [0.5, 0.6) is 0 Å². The lowest BCUT2D eigenvalue weighted by Crippen LogP contribution is -2.32. The van der Waals surface area contributed by atoms with Gasteiger partial charge in [0.1, 0.15) is 0 Å². The zero-order chi connectivity index (χ0) is 19.8. The molecule has 148 valence electrons. The number of hydrogen-bond donors (Lipinski definition) is 0. The molecule has 1 atom stereocenters. The molecule has 3 aromatic rings. The highest BCUT2D eigenvalue weighted by molar-refractivity contribution is 5.98. The van der Waals surface area contributed by atoms with E-state index in [4.69, 9.17) is 4.74 Å². The van der Waals surface area contributed by atoms with Crippen molar-refractivity contribution in [3.8, 4) is 5.69 Å². The van der Waals surface area contributed by atoms with Crippen molar-refractivity contribution < 1.29 is 9.53 Å². The van der Waals surface area contributed by atoms with Crippen molar-refractivity contribution in [2.45, 2.75) is 38.8 Å². The topological polar surface area (TPSA) is 47.4 Å². The van der Waals surface area contributed by atoms with Crippen LogP contribution in [-0.4, -0.2) is 39.8 Å². The Morgan fingerprint density at radius 1 is 1.21 bits per heavy atom. The molecular weight excluding hydrogens is 362 g/mol. The smallest absolute Gasteiger partial charge is 0.254 e. The third kappa shape index (κ3) is 3.58. The van der Waals surface area contributed by atoms with Crippen LogP contribution in [0, 0.1) is 6.92 Å². The van der Waals surface area contributed by atoms with Gasteiger partial charge in [-0.25, -0.2) is 4.68 Å². The van der Waals surface area contributed by atoms with Crippen LogP contribution in [-0.2, 0) is 17.7 Å². The average Bonchev–Trinajstić information content (AvgIpc) is 3.47. The quantitative estimate of drug-likeness (QED) is 0.667. The second-order valence-corrected chi connectivity index (χ2v) is 8.05. The van der Waals surface area contributed by atoms with Crippen LogP contribution in [0.3, 0.4) is 0 Å².